The van der Waals surface area contributed by atoms with Gasteiger partial charge in [-0.15, -0.1) is 11.3 Å². The van der Waals surface area contributed by atoms with Gasteiger partial charge in [-0.25, -0.2) is 14.2 Å². The van der Waals surface area contributed by atoms with E-state index in [2.05, 4.69) is 10.2 Å². The lowest BCUT2D eigenvalue weighted by molar-refractivity contribution is 0.228. The molecule has 1 N–H and O–H groups in total. The van der Waals surface area contributed by atoms with Gasteiger partial charge in [0.15, 0.2) is 17.3 Å². The van der Waals surface area contributed by atoms with Crippen LogP contribution < -0.4 is 14.8 Å². The molecule has 1 heterocycles. The summed E-state index contributed by atoms with van der Waals surface area (Å²) in [5.41, 5.74) is 2.52. The summed E-state index contributed by atoms with van der Waals surface area (Å²) in [5.74, 6) is 0.213. The zero-order chi connectivity index (χ0) is 23.4. The van der Waals surface area contributed by atoms with Crippen LogP contribution in [0.4, 0.5) is 15.8 Å². The molecule has 168 valence electrons. The van der Waals surface area contributed by atoms with Crippen molar-refractivity contribution in [2.75, 3.05) is 11.9 Å². The smallest absolute Gasteiger partial charge is 0.187 e. The summed E-state index contributed by atoms with van der Waals surface area (Å²) in [5, 5.41) is 4.12. The monoisotopic (exact) mass is 461 g/mol. The van der Waals surface area contributed by atoms with Crippen molar-refractivity contribution >= 4 is 32.9 Å². The number of rotatable bonds is 8. The van der Waals surface area contributed by atoms with E-state index < -0.39 is 11.9 Å². The molecule has 4 rings (SSSR count). The predicted molar refractivity (Wildman–Crippen MR) is 131 cm³/mol. The number of nitrogens with zero attached hydrogens (tertiary/aromatic N) is 2. The fourth-order valence-corrected chi connectivity index (χ4v) is 4.52. The minimum atomic E-state index is -0.587. The first-order chi connectivity index (χ1) is 16.0. The highest BCUT2D eigenvalue weighted by Crippen LogP contribution is 2.39. The lowest BCUT2D eigenvalue weighted by atomic mass is 10.0. The van der Waals surface area contributed by atoms with Gasteiger partial charge in [0.25, 0.3) is 0 Å². The Morgan fingerprint density at radius 1 is 1.12 bits per heavy atom. The molecule has 0 spiro atoms. The van der Waals surface area contributed by atoms with Crippen molar-refractivity contribution in [1.82, 2.24) is 4.98 Å². The first kappa shape index (κ1) is 22.6. The summed E-state index contributed by atoms with van der Waals surface area (Å²) in [6, 6.07) is 17.6. The van der Waals surface area contributed by atoms with Gasteiger partial charge in [-0.2, -0.15) is 0 Å². The Bertz CT molecular complexity index is 1260. The maximum Gasteiger partial charge on any atom is 0.187 e. The second kappa shape index (κ2) is 9.88. The fourth-order valence-electron chi connectivity index (χ4n) is 3.48. The van der Waals surface area contributed by atoms with Crippen LogP contribution in [0.25, 0.3) is 15.1 Å². The molecule has 0 amide bonds. The third-order valence-corrected chi connectivity index (χ3v) is 5.99. The molecule has 0 saturated heterocycles. The van der Waals surface area contributed by atoms with E-state index in [1.54, 1.807) is 24.3 Å². The summed E-state index contributed by atoms with van der Waals surface area (Å²) in [7, 11) is 0. The van der Waals surface area contributed by atoms with E-state index in [-0.39, 0.29) is 11.9 Å². The molecule has 1 unspecified atom stereocenters. The Morgan fingerprint density at radius 3 is 2.55 bits per heavy atom. The van der Waals surface area contributed by atoms with E-state index in [4.69, 9.17) is 21.0 Å². The van der Waals surface area contributed by atoms with Crippen LogP contribution in [-0.4, -0.2) is 17.7 Å². The molecule has 0 aliphatic rings. The number of hydrogen-bond acceptors (Lipinski definition) is 5. The lowest BCUT2D eigenvalue weighted by Crippen LogP contribution is -2.16. The first-order valence-electron chi connectivity index (χ1n) is 10.7. The van der Waals surface area contributed by atoms with Crippen molar-refractivity contribution in [1.29, 1.82) is 0 Å². The zero-order valence-corrected chi connectivity index (χ0v) is 19.4. The molecule has 0 aliphatic carbocycles. The number of benzene rings is 3. The highest BCUT2D eigenvalue weighted by atomic mass is 32.1. The first-order valence-corrected chi connectivity index (χ1v) is 11.5. The Hall–Kier alpha value is -3.63. The summed E-state index contributed by atoms with van der Waals surface area (Å²) in [6.45, 7) is 13.2. The van der Waals surface area contributed by atoms with Crippen LogP contribution in [-0.2, 0) is 0 Å². The van der Waals surface area contributed by atoms with Crippen molar-refractivity contribution in [3.8, 4) is 11.5 Å². The standard InChI is InChI=1S/C26H24FN3O2S/c1-5-31-19-14-20(24(27)22(15-19)32-16(2)3)25(29-18-12-10-17(28-4)11-13-18)26-30-21-8-6-7-9-23(21)33-26/h6-16,25,29H,5H2,1-3H3. The number of halogens is 1. The van der Waals surface area contributed by atoms with Crippen molar-refractivity contribution in [2.45, 2.75) is 32.9 Å². The molecule has 0 radical (unpaired) electrons. The van der Waals surface area contributed by atoms with Gasteiger partial charge < -0.3 is 14.8 Å². The predicted octanol–water partition coefficient (Wildman–Crippen LogP) is 7.37. The summed E-state index contributed by atoms with van der Waals surface area (Å²) in [4.78, 5) is 8.23. The van der Waals surface area contributed by atoms with Gasteiger partial charge in [0.05, 0.1) is 29.5 Å². The molecule has 0 saturated carbocycles. The van der Waals surface area contributed by atoms with Crippen molar-refractivity contribution in [3.05, 3.63) is 88.5 Å². The maximum absolute atomic E-state index is 15.8. The van der Waals surface area contributed by atoms with Crippen LogP contribution >= 0.6 is 11.3 Å². The number of thiazole rings is 1. The molecule has 1 atom stereocenters. The SMILES string of the molecule is [C-]#[N+]c1ccc(NC(c2nc3ccccc3s2)c2cc(OCC)cc(OC(C)C)c2F)cc1. The largest absolute Gasteiger partial charge is 0.494 e. The van der Waals surface area contributed by atoms with Crippen LogP contribution in [0.5, 0.6) is 11.5 Å². The van der Waals surface area contributed by atoms with Gasteiger partial charge in [0.2, 0.25) is 0 Å². The highest BCUT2D eigenvalue weighted by Gasteiger charge is 2.26. The average molecular weight is 462 g/mol. The summed E-state index contributed by atoms with van der Waals surface area (Å²) >= 11 is 1.50. The van der Waals surface area contributed by atoms with Gasteiger partial charge in [0, 0.05) is 17.3 Å². The number of aromatic nitrogens is 1. The molecular formula is C26H24FN3O2S. The van der Waals surface area contributed by atoms with E-state index in [9.17, 15) is 0 Å². The Kier molecular flexibility index (Phi) is 6.76. The minimum Gasteiger partial charge on any atom is -0.494 e. The molecule has 0 bridgehead atoms. The number of para-hydroxylation sites is 1. The Labute approximate surface area is 196 Å². The van der Waals surface area contributed by atoms with Crippen LogP contribution in [0.1, 0.15) is 37.4 Å². The molecule has 33 heavy (non-hydrogen) atoms. The number of ether oxygens (including phenoxy) is 2. The topological polar surface area (TPSA) is 47.7 Å². The maximum atomic E-state index is 15.8. The quantitative estimate of drug-likeness (QED) is 0.278. The van der Waals surface area contributed by atoms with E-state index in [1.807, 2.05) is 57.2 Å². The van der Waals surface area contributed by atoms with E-state index >= 15 is 4.39 Å². The molecule has 0 aliphatic heterocycles. The van der Waals surface area contributed by atoms with Gasteiger partial charge >= 0.3 is 0 Å². The molecule has 7 heteroatoms. The second-order valence-corrected chi connectivity index (χ2v) is 8.74. The summed E-state index contributed by atoms with van der Waals surface area (Å²) < 4.78 is 28.3. The number of anilines is 1. The normalized spacial score (nSPS) is 11.9. The van der Waals surface area contributed by atoms with Crippen LogP contribution in [0, 0.1) is 12.4 Å². The van der Waals surface area contributed by atoms with Crippen molar-refractivity contribution in [3.63, 3.8) is 0 Å². The highest BCUT2D eigenvalue weighted by molar-refractivity contribution is 7.18. The molecular weight excluding hydrogens is 437 g/mol. The molecule has 5 nitrogen and oxygen atoms in total. The van der Waals surface area contributed by atoms with Gasteiger partial charge in [-0.05, 0) is 51.1 Å². The van der Waals surface area contributed by atoms with Crippen LogP contribution in [0.15, 0.2) is 60.7 Å². The molecule has 0 fully saturated rings. The zero-order valence-electron chi connectivity index (χ0n) is 18.6. The minimum absolute atomic E-state index is 0.141. The molecule has 1 aromatic heterocycles. The summed E-state index contributed by atoms with van der Waals surface area (Å²) in [6.07, 6.45) is -0.195. The molecule has 3 aromatic carbocycles. The number of fused-ring (bicyclic) bond motifs is 1. The second-order valence-electron chi connectivity index (χ2n) is 7.68. The average Bonchev–Trinajstić information content (AvgIpc) is 3.24. The van der Waals surface area contributed by atoms with E-state index in [0.29, 0.717) is 28.6 Å². The third-order valence-electron chi connectivity index (χ3n) is 4.89. The lowest BCUT2D eigenvalue weighted by Gasteiger charge is -2.22. The number of nitrogens with one attached hydrogen (secondary N) is 1. The van der Waals surface area contributed by atoms with Crippen LogP contribution in [0.3, 0.4) is 0 Å². The van der Waals surface area contributed by atoms with E-state index in [0.717, 1.165) is 15.9 Å². The molecule has 4 aromatic rings. The van der Waals surface area contributed by atoms with E-state index in [1.165, 1.54) is 11.3 Å². The Morgan fingerprint density at radius 2 is 1.88 bits per heavy atom. The fraction of sp³-hybridized carbons (Fsp3) is 0.231. The number of hydrogen-bond donors (Lipinski definition) is 1. The van der Waals surface area contributed by atoms with Crippen molar-refractivity contribution < 1.29 is 13.9 Å². The van der Waals surface area contributed by atoms with Gasteiger partial charge in [-0.3, -0.25) is 0 Å². The van der Waals surface area contributed by atoms with Crippen LogP contribution in [0.2, 0.25) is 0 Å². The van der Waals surface area contributed by atoms with Crippen molar-refractivity contribution in [2.24, 2.45) is 0 Å². The third kappa shape index (κ3) is 5.07. The van der Waals surface area contributed by atoms with Gasteiger partial charge in [-0.1, -0.05) is 24.3 Å². The van der Waals surface area contributed by atoms with Gasteiger partial charge in [0.1, 0.15) is 16.8 Å². The Balaban J connectivity index is 1.85.